The Morgan fingerprint density at radius 2 is 1.96 bits per heavy atom. The molecule has 0 aromatic heterocycles. The topological polar surface area (TPSA) is 92.9 Å². The number of ether oxygens (including phenoxy) is 1. The van der Waals surface area contributed by atoms with Crippen molar-refractivity contribution < 1.29 is 19.4 Å². The fourth-order valence-electron chi connectivity index (χ4n) is 3.65. The Morgan fingerprint density at radius 3 is 2.58 bits per heavy atom. The molecule has 2 aromatic carbocycles. The van der Waals surface area contributed by atoms with Gasteiger partial charge in [0.2, 0.25) is 5.91 Å². The summed E-state index contributed by atoms with van der Waals surface area (Å²) >= 11 is 0. The van der Waals surface area contributed by atoms with Gasteiger partial charge in [-0.25, -0.2) is 0 Å². The van der Waals surface area contributed by atoms with Crippen LogP contribution in [0.5, 0.6) is 5.75 Å². The van der Waals surface area contributed by atoms with Gasteiger partial charge >= 0.3 is 0 Å². The molecule has 0 bridgehead atoms. The van der Waals surface area contributed by atoms with Crippen LogP contribution < -0.4 is 10.5 Å². The Kier molecular flexibility index (Phi) is 4.95. The summed E-state index contributed by atoms with van der Waals surface area (Å²) in [7, 11) is 1.47. The van der Waals surface area contributed by atoms with Crippen LogP contribution in [-0.2, 0) is 5.54 Å². The summed E-state index contributed by atoms with van der Waals surface area (Å²) in [6.07, 6.45) is 1.44. The standard InChI is InChI=1S/C20H22N2O4/c1-26-17-9-8-14(18(21)24)12-16(17)19(25)22-11-5-10-20(22,13-23)15-6-3-2-4-7-15/h2-4,6-9,12,23H,5,10-11,13H2,1H3,(H2,21,24). The van der Waals surface area contributed by atoms with Crippen LogP contribution in [0.4, 0.5) is 0 Å². The highest BCUT2D eigenvalue weighted by Gasteiger charge is 2.45. The number of nitrogens with zero attached hydrogens (tertiary/aromatic N) is 1. The number of carbonyl (C=O) groups excluding carboxylic acids is 2. The van der Waals surface area contributed by atoms with Crippen LogP contribution in [0.1, 0.15) is 39.1 Å². The number of aliphatic hydroxyl groups excluding tert-OH is 1. The molecule has 6 nitrogen and oxygen atoms in total. The SMILES string of the molecule is COc1ccc(C(N)=O)cc1C(=O)N1CCCC1(CO)c1ccccc1. The third-order valence-electron chi connectivity index (χ3n) is 5.02. The second kappa shape index (κ2) is 7.17. The van der Waals surface area contributed by atoms with Crippen LogP contribution in [0.15, 0.2) is 48.5 Å². The fraction of sp³-hybridized carbons (Fsp3) is 0.300. The van der Waals surface area contributed by atoms with E-state index in [9.17, 15) is 14.7 Å². The molecule has 1 aliphatic rings. The molecule has 0 spiro atoms. The normalized spacial score (nSPS) is 19.4. The minimum absolute atomic E-state index is 0.180. The number of benzene rings is 2. The Balaban J connectivity index is 2.06. The van der Waals surface area contributed by atoms with Gasteiger partial charge in [0.1, 0.15) is 5.75 Å². The molecule has 26 heavy (non-hydrogen) atoms. The van der Waals surface area contributed by atoms with E-state index in [1.54, 1.807) is 11.0 Å². The average Bonchev–Trinajstić information content (AvgIpc) is 3.12. The lowest BCUT2D eigenvalue weighted by Crippen LogP contribution is -2.47. The van der Waals surface area contributed by atoms with E-state index in [0.717, 1.165) is 12.0 Å². The van der Waals surface area contributed by atoms with Gasteiger partial charge in [0.05, 0.1) is 24.8 Å². The zero-order valence-corrected chi connectivity index (χ0v) is 14.6. The molecule has 3 N–H and O–H groups in total. The van der Waals surface area contributed by atoms with E-state index in [1.807, 2.05) is 30.3 Å². The molecule has 0 aliphatic carbocycles. The minimum Gasteiger partial charge on any atom is -0.496 e. The van der Waals surface area contributed by atoms with Gasteiger partial charge < -0.3 is 20.5 Å². The molecule has 1 atom stereocenters. The molecule has 1 heterocycles. The van der Waals surface area contributed by atoms with Crippen molar-refractivity contribution >= 4 is 11.8 Å². The van der Waals surface area contributed by atoms with Crippen LogP contribution in [0.3, 0.4) is 0 Å². The first kappa shape index (κ1) is 17.9. The molecule has 1 fully saturated rings. The number of amides is 2. The zero-order chi connectivity index (χ0) is 18.7. The van der Waals surface area contributed by atoms with E-state index < -0.39 is 11.4 Å². The van der Waals surface area contributed by atoms with Crippen LogP contribution in [-0.4, -0.2) is 42.1 Å². The second-order valence-corrected chi connectivity index (χ2v) is 6.40. The van der Waals surface area contributed by atoms with Gasteiger partial charge in [-0.2, -0.15) is 0 Å². The summed E-state index contributed by atoms with van der Waals surface area (Å²) in [5.41, 5.74) is 5.96. The van der Waals surface area contributed by atoms with Crippen LogP contribution in [0, 0.1) is 0 Å². The van der Waals surface area contributed by atoms with Crippen LogP contribution in [0.2, 0.25) is 0 Å². The lowest BCUT2D eigenvalue weighted by molar-refractivity contribution is 0.0396. The van der Waals surface area contributed by atoms with E-state index in [0.29, 0.717) is 18.7 Å². The number of aliphatic hydroxyl groups is 1. The Bertz CT molecular complexity index is 822. The van der Waals surface area contributed by atoms with Crippen LogP contribution >= 0.6 is 0 Å². The predicted octanol–water partition coefficient (Wildman–Crippen LogP) is 1.92. The van der Waals surface area contributed by atoms with Gasteiger partial charge in [-0.05, 0) is 36.6 Å². The fourth-order valence-corrected chi connectivity index (χ4v) is 3.65. The van der Waals surface area contributed by atoms with E-state index in [2.05, 4.69) is 0 Å². The van der Waals surface area contributed by atoms with Gasteiger partial charge in [0, 0.05) is 12.1 Å². The largest absolute Gasteiger partial charge is 0.496 e. The van der Waals surface area contributed by atoms with E-state index in [1.165, 1.54) is 19.2 Å². The molecule has 1 unspecified atom stereocenters. The van der Waals surface area contributed by atoms with Crippen LogP contribution in [0.25, 0.3) is 0 Å². The molecule has 1 aliphatic heterocycles. The number of nitrogens with two attached hydrogens (primary N) is 1. The van der Waals surface area contributed by atoms with Crippen molar-refractivity contribution in [3.63, 3.8) is 0 Å². The lowest BCUT2D eigenvalue weighted by atomic mass is 9.87. The van der Waals surface area contributed by atoms with E-state index >= 15 is 0 Å². The highest BCUT2D eigenvalue weighted by Crippen LogP contribution is 2.40. The Hall–Kier alpha value is -2.86. The summed E-state index contributed by atoms with van der Waals surface area (Å²) < 4.78 is 5.31. The third kappa shape index (κ3) is 2.93. The Labute approximate surface area is 152 Å². The highest BCUT2D eigenvalue weighted by molar-refractivity contribution is 6.01. The first-order chi connectivity index (χ1) is 12.5. The molecule has 3 rings (SSSR count). The Morgan fingerprint density at radius 1 is 1.23 bits per heavy atom. The summed E-state index contributed by atoms with van der Waals surface area (Å²) in [5, 5.41) is 10.2. The smallest absolute Gasteiger partial charge is 0.258 e. The molecular weight excluding hydrogens is 332 g/mol. The van der Waals surface area contributed by atoms with Gasteiger partial charge in [-0.3, -0.25) is 9.59 Å². The second-order valence-electron chi connectivity index (χ2n) is 6.40. The quantitative estimate of drug-likeness (QED) is 0.858. The monoisotopic (exact) mass is 354 g/mol. The summed E-state index contributed by atoms with van der Waals surface area (Å²) in [6.45, 7) is 0.332. The van der Waals surface area contributed by atoms with Crippen molar-refractivity contribution in [1.29, 1.82) is 0 Å². The van der Waals surface area contributed by atoms with E-state index in [-0.39, 0.29) is 23.6 Å². The van der Waals surface area contributed by atoms with Gasteiger partial charge in [-0.15, -0.1) is 0 Å². The number of rotatable bonds is 5. The molecule has 0 saturated carbocycles. The van der Waals surface area contributed by atoms with Crippen molar-refractivity contribution in [1.82, 2.24) is 4.90 Å². The van der Waals surface area contributed by atoms with Gasteiger partial charge in [0.15, 0.2) is 0 Å². The molecule has 2 aromatic rings. The number of methoxy groups -OCH3 is 1. The highest BCUT2D eigenvalue weighted by atomic mass is 16.5. The summed E-state index contributed by atoms with van der Waals surface area (Å²) in [4.78, 5) is 26.5. The summed E-state index contributed by atoms with van der Waals surface area (Å²) in [5.74, 6) is -0.535. The van der Waals surface area contributed by atoms with Gasteiger partial charge in [0.25, 0.3) is 5.91 Å². The van der Waals surface area contributed by atoms with Crippen molar-refractivity contribution in [2.24, 2.45) is 5.73 Å². The third-order valence-corrected chi connectivity index (χ3v) is 5.02. The van der Waals surface area contributed by atoms with E-state index in [4.69, 9.17) is 10.5 Å². The lowest BCUT2D eigenvalue weighted by Gasteiger charge is -2.38. The first-order valence-corrected chi connectivity index (χ1v) is 8.49. The molecule has 1 saturated heterocycles. The average molecular weight is 354 g/mol. The molecule has 136 valence electrons. The minimum atomic E-state index is -0.786. The van der Waals surface area contributed by atoms with Crippen molar-refractivity contribution in [2.45, 2.75) is 18.4 Å². The van der Waals surface area contributed by atoms with Gasteiger partial charge in [-0.1, -0.05) is 30.3 Å². The van der Waals surface area contributed by atoms with Crippen molar-refractivity contribution in [2.75, 3.05) is 20.3 Å². The van der Waals surface area contributed by atoms with Crippen molar-refractivity contribution in [3.8, 4) is 5.75 Å². The molecule has 2 amide bonds. The number of likely N-dealkylation sites (tertiary alicyclic amines) is 1. The molecule has 6 heteroatoms. The maximum Gasteiger partial charge on any atom is 0.258 e. The first-order valence-electron chi connectivity index (χ1n) is 8.49. The maximum atomic E-state index is 13.3. The zero-order valence-electron chi connectivity index (χ0n) is 14.6. The summed E-state index contributed by atoms with van der Waals surface area (Å²) in [6, 6.07) is 14.1. The van der Waals surface area contributed by atoms with Crippen molar-refractivity contribution in [3.05, 3.63) is 65.2 Å². The molecular formula is C20H22N2O4. The number of primary amides is 1. The molecule has 0 radical (unpaired) electrons. The maximum absolute atomic E-state index is 13.3. The predicted molar refractivity (Wildman–Crippen MR) is 97.0 cm³/mol. The number of hydrogen-bond acceptors (Lipinski definition) is 4. The number of carbonyl (C=O) groups is 2. The number of hydrogen-bond donors (Lipinski definition) is 2.